The smallest absolute Gasteiger partial charge is 0.173 e. The van der Waals surface area contributed by atoms with E-state index in [9.17, 15) is 4.79 Å². The lowest BCUT2D eigenvalue weighted by molar-refractivity contribution is 0.102. The van der Waals surface area contributed by atoms with Crippen molar-refractivity contribution < 1.29 is 9.53 Å². The highest BCUT2D eigenvalue weighted by atomic mass is 79.9. The highest BCUT2D eigenvalue weighted by Gasteiger charge is 2.06. The lowest BCUT2D eigenvalue weighted by Crippen LogP contribution is -2.01. The maximum Gasteiger partial charge on any atom is 0.173 e. The summed E-state index contributed by atoms with van der Waals surface area (Å²) in [5.41, 5.74) is 1.63. The van der Waals surface area contributed by atoms with Gasteiger partial charge in [-0.05, 0) is 24.3 Å². The van der Waals surface area contributed by atoms with Crippen LogP contribution in [0.3, 0.4) is 0 Å². The molecule has 2 nitrogen and oxygen atoms in total. The number of hydrogen-bond donors (Lipinski definition) is 0. The van der Waals surface area contributed by atoms with Gasteiger partial charge in [0.15, 0.2) is 5.78 Å². The molecule has 0 spiro atoms. The molecule has 0 N–H and O–H groups in total. The van der Waals surface area contributed by atoms with Crippen molar-refractivity contribution in [3.63, 3.8) is 0 Å². The van der Waals surface area contributed by atoms with Crippen LogP contribution in [0.4, 0.5) is 0 Å². The normalized spacial score (nSPS) is 10.3. The van der Waals surface area contributed by atoms with Crippen LogP contribution < -0.4 is 4.74 Å². The summed E-state index contributed by atoms with van der Waals surface area (Å²) in [6.07, 6.45) is 0. The van der Waals surface area contributed by atoms with Crippen molar-refractivity contribution in [2.45, 2.75) is 6.61 Å². The van der Waals surface area contributed by atoms with Crippen LogP contribution in [-0.4, -0.2) is 11.1 Å². The molecule has 0 aromatic heterocycles. The highest BCUT2D eigenvalue weighted by Crippen LogP contribution is 2.23. The van der Waals surface area contributed by atoms with Crippen LogP contribution in [0.25, 0.3) is 0 Å². The van der Waals surface area contributed by atoms with Crippen LogP contribution in [0.2, 0.25) is 5.02 Å². The van der Waals surface area contributed by atoms with Gasteiger partial charge in [0.1, 0.15) is 12.4 Å². The zero-order valence-electron chi connectivity index (χ0n) is 10.4. The van der Waals surface area contributed by atoms with Gasteiger partial charge in [-0.2, -0.15) is 0 Å². The van der Waals surface area contributed by atoms with Gasteiger partial charge in [0.2, 0.25) is 0 Å². The molecule has 104 valence electrons. The van der Waals surface area contributed by atoms with Gasteiger partial charge in [-0.1, -0.05) is 61.7 Å². The minimum absolute atomic E-state index is 0.0307. The number of alkyl halides is 1. The Morgan fingerprint density at radius 2 is 2.00 bits per heavy atom. The number of hydrogen-bond acceptors (Lipinski definition) is 2. The summed E-state index contributed by atoms with van der Waals surface area (Å²) in [6.45, 7) is 0.406. The Hall–Kier alpha value is -0.840. The van der Waals surface area contributed by atoms with Crippen molar-refractivity contribution in [3.8, 4) is 5.75 Å². The molecule has 0 saturated carbocycles. The quantitative estimate of drug-likeness (QED) is 0.489. The minimum atomic E-state index is 0.0307. The van der Waals surface area contributed by atoms with Gasteiger partial charge in [0, 0.05) is 20.6 Å². The van der Waals surface area contributed by atoms with Gasteiger partial charge >= 0.3 is 0 Å². The summed E-state index contributed by atoms with van der Waals surface area (Å²) in [4.78, 5) is 11.6. The van der Waals surface area contributed by atoms with Gasteiger partial charge in [0.25, 0.3) is 0 Å². The first-order valence-corrected chi connectivity index (χ1v) is 8.15. The van der Waals surface area contributed by atoms with E-state index in [4.69, 9.17) is 16.3 Å². The van der Waals surface area contributed by atoms with E-state index in [1.807, 2.05) is 30.3 Å². The second-order valence-corrected chi connectivity index (χ2v) is 5.96. The zero-order chi connectivity index (χ0) is 14.5. The Morgan fingerprint density at radius 1 is 1.20 bits per heavy atom. The topological polar surface area (TPSA) is 26.3 Å². The second-order valence-electron chi connectivity index (χ2n) is 4.11. The summed E-state index contributed by atoms with van der Waals surface area (Å²) < 4.78 is 6.61. The standard InChI is InChI=1S/C15H11Br2ClO2/c16-8-15(19)10-2-1-3-13(6-10)20-9-11-4-5-12(18)7-14(11)17/h1-7H,8-9H2. The fourth-order valence-electron chi connectivity index (χ4n) is 1.64. The molecular formula is C15H11Br2ClO2. The number of benzene rings is 2. The fraction of sp³-hybridized carbons (Fsp3) is 0.133. The van der Waals surface area contributed by atoms with Crippen molar-refractivity contribution in [1.29, 1.82) is 0 Å². The Balaban J connectivity index is 2.09. The number of rotatable bonds is 5. The first-order chi connectivity index (χ1) is 9.60. The number of carbonyl (C=O) groups is 1. The monoisotopic (exact) mass is 416 g/mol. The third kappa shape index (κ3) is 4.08. The molecule has 0 aliphatic carbocycles. The average Bonchev–Trinajstić information content (AvgIpc) is 2.46. The van der Waals surface area contributed by atoms with Crippen LogP contribution in [0.15, 0.2) is 46.9 Å². The zero-order valence-corrected chi connectivity index (χ0v) is 14.3. The molecule has 2 aromatic rings. The van der Waals surface area contributed by atoms with Crippen molar-refractivity contribution in [2.75, 3.05) is 5.33 Å². The third-order valence-electron chi connectivity index (χ3n) is 2.69. The molecule has 0 atom stereocenters. The maximum atomic E-state index is 11.6. The highest BCUT2D eigenvalue weighted by molar-refractivity contribution is 9.10. The molecule has 0 radical (unpaired) electrons. The van der Waals surface area contributed by atoms with Crippen LogP contribution in [0.5, 0.6) is 5.75 Å². The van der Waals surface area contributed by atoms with Crippen LogP contribution >= 0.6 is 43.5 Å². The van der Waals surface area contributed by atoms with E-state index in [1.165, 1.54) is 0 Å². The predicted octanol–water partition coefficient (Wildman–Crippen LogP) is 5.26. The molecule has 0 aliphatic heterocycles. The molecule has 0 fully saturated rings. The van der Waals surface area contributed by atoms with Gasteiger partial charge in [-0.3, -0.25) is 4.79 Å². The lowest BCUT2D eigenvalue weighted by Gasteiger charge is -2.09. The molecule has 0 bridgehead atoms. The fourth-order valence-corrected chi connectivity index (χ4v) is 2.76. The first-order valence-electron chi connectivity index (χ1n) is 5.86. The van der Waals surface area contributed by atoms with Crippen LogP contribution in [-0.2, 0) is 6.61 Å². The van der Waals surface area contributed by atoms with E-state index < -0.39 is 0 Å². The maximum absolute atomic E-state index is 11.6. The second kappa shape index (κ2) is 7.25. The van der Waals surface area contributed by atoms with Gasteiger partial charge < -0.3 is 4.74 Å². The summed E-state index contributed by atoms with van der Waals surface area (Å²) >= 11 is 12.5. The number of ether oxygens (including phenoxy) is 1. The minimum Gasteiger partial charge on any atom is -0.489 e. The van der Waals surface area contributed by atoms with Crippen molar-refractivity contribution in [3.05, 3.63) is 63.1 Å². The van der Waals surface area contributed by atoms with Gasteiger partial charge in [-0.15, -0.1) is 0 Å². The van der Waals surface area contributed by atoms with E-state index in [-0.39, 0.29) is 5.78 Å². The summed E-state index contributed by atoms with van der Waals surface area (Å²) in [5, 5.41) is 0.977. The van der Waals surface area contributed by atoms with E-state index in [1.54, 1.807) is 12.1 Å². The van der Waals surface area contributed by atoms with Crippen LogP contribution in [0.1, 0.15) is 15.9 Å². The van der Waals surface area contributed by atoms with E-state index in [0.717, 1.165) is 10.0 Å². The molecule has 2 rings (SSSR count). The number of halogens is 3. The van der Waals surface area contributed by atoms with Crippen molar-refractivity contribution in [1.82, 2.24) is 0 Å². The molecular weight excluding hydrogens is 407 g/mol. The molecule has 0 unspecified atom stereocenters. The van der Waals surface area contributed by atoms with Crippen molar-refractivity contribution >= 4 is 49.2 Å². The molecule has 2 aromatic carbocycles. The summed E-state index contributed by atoms with van der Waals surface area (Å²) in [6, 6.07) is 12.7. The predicted molar refractivity (Wildman–Crippen MR) is 88.1 cm³/mol. The average molecular weight is 419 g/mol. The van der Waals surface area contributed by atoms with Crippen molar-refractivity contribution in [2.24, 2.45) is 0 Å². The van der Waals surface area contributed by atoms with E-state index in [0.29, 0.717) is 28.3 Å². The molecule has 0 saturated heterocycles. The van der Waals surface area contributed by atoms with Crippen LogP contribution in [0, 0.1) is 0 Å². The Kier molecular flexibility index (Phi) is 5.64. The molecule has 0 heterocycles. The number of carbonyl (C=O) groups excluding carboxylic acids is 1. The Bertz CT molecular complexity index is 629. The Morgan fingerprint density at radius 3 is 2.70 bits per heavy atom. The molecule has 20 heavy (non-hydrogen) atoms. The lowest BCUT2D eigenvalue weighted by atomic mass is 10.1. The number of Topliss-reactive ketones (excluding diaryl/α,β-unsaturated/α-hetero) is 1. The summed E-state index contributed by atoms with van der Waals surface area (Å²) in [7, 11) is 0. The summed E-state index contributed by atoms with van der Waals surface area (Å²) in [5.74, 6) is 0.696. The molecule has 0 amide bonds. The largest absolute Gasteiger partial charge is 0.489 e. The first kappa shape index (κ1) is 15.5. The third-order valence-corrected chi connectivity index (χ3v) is 4.17. The van der Waals surface area contributed by atoms with E-state index in [2.05, 4.69) is 31.9 Å². The SMILES string of the molecule is O=C(CBr)c1cccc(OCc2ccc(Cl)cc2Br)c1. The van der Waals surface area contributed by atoms with Gasteiger partial charge in [-0.25, -0.2) is 0 Å². The van der Waals surface area contributed by atoms with E-state index >= 15 is 0 Å². The Labute approximate surface area is 139 Å². The molecule has 0 aliphatic rings. The number of ketones is 1. The van der Waals surface area contributed by atoms with Gasteiger partial charge in [0.05, 0.1) is 5.33 Å². The molecule has 5 heteroatoms.